The Kier molecular flexibility index (Phi) is 3.15. The van der Waals surface area contributed by atoms with E-state index >= 15 is 0 Å². The lowest BCUT2D eigenvalue weighted by Crippen LogP contribution is -2.05. The van der Waals surface area contributed by atoms with Crippen LogP contribution < -0.4 is 5.73 Å². The van der Waals surface area contributed by atoms with Gasteiger partial charge in [-0.15, -0.1) is 11.8 Å². The van der Waals surface area contributed by atoms with Crippen LogP contribution in [-0.2, 0) is 5.75 Å². The second-order valence-electron chi connectivity index (χ2n) is 4.34. The van der Waals surface area contributed by atoms with Crippen molar-refractivity contribution in [2.45, 2.75) is 29.4 Å². The van der Waals surface area contributed by atoms with E-state index < -0.39 is 0 Å². The third-order valence-electron chi connectivity index (χ3n) is 2.77. The molecule has 3 rings (SSSR count). The standard InChI is InChI=1S/C13H14N4S/c14-13-16-11(15-12(17-13)9-6-7-9)8-18-10-4-2-1-3-5-10/h1-5,9H,6-8H2,(H2,14,15,16,17). The van der Waals surface area contributed by atoms with Gasteiger partial charge >= 0.3 is 0 Å². The highest BCUT2D eigenvalue weighted by Gasteiger charge is 2.27. The van der Waals surface area contributed by atoms with Crippen molar-refractivity contribution in [1.29, 1.82) is 0 Å². The van der Waals surface area contributed by atoms with Crippen LogP contribution in [0, 0.1) is 0 Å². The molecule has 2 N–H and O–H groups in total. The van der Waals surface area contributed by atoms with Gasteiger partial charge in [-0.05, 0) is 25.0 Å². The molecule has 92 valence electrons. The number of anilines is 1. The molecule has 1 aliphatic rings. The van der Waals surface area contributed by atoms with Gasteiger partial charge in [0.1, 0.15) is 11.6 Å². The molecule has 2 aromatic rings. The number of hydrogen-bond donors (Lipinski definition) is 1. The summed E-state index contributed by atoms with van der Waals surface area (Å²) in [5.41, 5.74) is 5.72. The SMILES string of the molecule is Nc1nc(CSc2ccccc2)nc(C2CC2)n1. The van der Waals surface area contributed by atoms with E-state index in [1.54, 1.807) is 11.8 Å². The fourth-order valence-corrected chi connectivity index (χ4v) is 2.48. The maximum Gasteiger partial charge on any atom is 0.223 e. The molecule has 1 heterocycles. The first-order valence-corrected chi connectivity index (χ1v) is 6.98. The highest BCUT2D eigenvalue weighted by molar-refractivity contribution is 7.98. The molecule has 0 saturated heterocycles. The molecule has 0 atom stereocenters. The molecule has 0 aliphatic heterocycles. The second-order valence-corrected chi connectivity index (χ2v) is 5.39. The van der Waals surface area contributed by atoms with Crippen molar-refractivity contribution in [2.24, 2.45) is 0 Å². The summed E-state index contributed by atoms with van der Waals surface area (Å²) in [4.78, 5) is 14.1. The van der Waals surface area contributed by atoms with Crippen LogP contribution in [0.2, 0.25) is 0 Å². The number of rotatable bonds is 4. The van der Waals surface area contributed by atoms with E-state index in [4.69, 9.17) is 5.73 Å². The zero-order valence-corrected chi connectivity index (χ0v) is 10.7. The van der Waals surface area contributed by atoms with Gasteiger partial charge in [0.05, 0.1) is 5.75 Å². The highest BCUT2D eigenvalue weighted by Crippen LogP contribution is 2.38. The van der Waals surface area contributed by atoms with Crippen LogP contribution in [0.25, 0.3) is 0 Å². The second kappa shape index (κ2) is 4.94. The maximum absolute atomic E-state index is 5.72. The Morgan fingerprint density at radius 2 is 1.89 bits per heavy atom. The number of nitrogen functional groups attached to an aromatic ring is 1. The minimum atomic E-state index is 0.343. The van der Waals surface area contributed by atoms with E-state index in [9.17, 15) is 0 Å². The summed E-state index contributed by atoms with van der Waals surface area (Å²) in [6.07, 6.45) is 2.35. The molecule has 0 spiro atoms. The summed E-state index contributed by atoms with van der Waals surface area (Å²) in [6, 6.07) is 10.2. The van der Waals surface area contributed by atoms with Crippen LogP contribution in [0.15, 0.2) is 35.2 Å². The Morgan fingerprint density at radius 3 is 2.61 bits per heavy atom. The first-order valence-electron chi connectivity index (χ1n) is 5.99. The average Bonchev–Trinajstić information content (AvgIpc) is 3.21. The van der Waals surface area contributed by atoms with Gasteiger partial charge in [0.25, 0.3) is 0 Å². The Balaban J connectivity index is 1.72. The van der Waals surface area contributed by atoms with Crippen molar-refractivity contribution in [3.8, 4) is 0 Å². The zero-order valence-electron chi connectivity index (χ0n) is 9.91. The molecule has 0 amide bonds. The molecule has 18 heavy (non-hydrogen) atoms. The number of nitrogens with two attached hydrogens (primary N) is 1. The minimum absolute atomic E-state index is 0.343. The van der Waals surface area contributed by atoms with Crippen molar-refractivity contribution in [3.05, 3.63) is 42.0 Å². The maximum atomic E-state index is 5.72. The van der Waals surface area contributed by atoms with Gasteiger partial charge in [-0.1, -0.05) is 18.2 Å². The lowest BCUT2D eigenvalue weighted by atomic mass is 10.4. The summed E-state index contributed by atoms with van der Waals surface area (Å²) in [5.74, 6) is 3.23. The Morgan fingerprint density at radius 1 is 1.11 bits per heavy atom. The number of nitrogens with zero attached hydrogens (tertiary/aromatic N) is 3. The fraction of sp³-hybridized carbons (Fsp3) is 0.308. The van der Waals surface area contributed by atoms with Crippen molar-refractivity contribution >= 4 is 17.7 Å². The first kappa shape index (κ1) is 11.5. The lowest BCUT2D eigenvalue weighted by Gasteiger charge is -2.04. The predicted molar refractivity (Wildman–Crippen MR) is 72.2 cm³/mol. The molecule has 1 aromatic carbocycles. The smallest absolute Gasteiger partial charge is 0.223 e. The van der Waals surface area contributed by atoms with Gasteiger partial charge in [-0.2, -0.15) is 9.97 Å². The molecular formula is C13H14N4S. The molecule has 0 radical (unpaired) electrons. The quantitative estimate of drug-likeness (QED) is 0.854. The summed E-state index contributed by atoms with van der Waals surface area (Å²) in [7, 11) is 0. The number of aromatic nitrogens is 3. The summed E-state index contributed by atoms with van der Waals surface area (Å²) in [6.45, 7) is 0. The van der Waals surface area contributed by atoms with Gasteiger partial charge in [-0.25, -0.2) is 4.98 Å². The van der Waals surface area contributed by atoms with Crippen LogP contribution in [0.5, 0.6) is 0 Å². The van der Waals surface area contributed by atoms with Crippen molar-refractivity contribution in [3.63, 3.8) is 0 Å². The molecule has 0 bridgehead atoms. The molecular weight excluding hydrogens is 244 g/mol. The van der Waals surface area contributed by atoms with Gasteiger partial charge in [0.15, 0.2) is 0 Å². The third kappa shape index (κ3) is 2.79. The molecule has 4 nitrogen and oxygen atoms in total. The third-order valence-corrected chi connectivity index (χ3v) is 3.78. The van der Waals surface area contributed by atoms with Gasteiger partial charge < -0.3 is 5.73 Å². The summed E-state index contributed by atoms with van der Waals surface area (Å²) >= 11 is 1.71. The normalized spacial score (nSPS) is 14.7. The zero-order chi connectivity index (χ0) is 12.4. The van der Waals surface area contributed by atoms with Crippen molar-refractivity contribution < 1.29 is 0 Å². The first-order chi connectivity index (χ1) is 8.81. The Hall–Kier alpha value is -1.62. The molecule has 1 aromatic heterocycles. The van der Waals surface area contributed by atoms with Crippen LogP contribution >= 0.6 is 11.8 Å². The average molecular weight is 258 g/mol. The molecule has 5 heteroatoms. The molecule has 1 saturated carbocycles. The molecule has 1 aliphatic carbocycles. The van der Waals surface area contributed by atoms with E-state index in [-0.39, 0.29) is 0 Å². The van der Waals surface area contributed by atoms with Crippen LogP contribution in [0.4, 0.5) is 5.95 Å². The van der Waals surface area contributed by atoms with E-state index in [1.807, 2.05) is 18.2 Å². The van der Waals surface area contributed by atoms with Crippen LogP contribution in [0.3, 0.4) is 0 Å². The van der Waals surface area contributed by atoms with E-state index in [1.165, 1.54) is 17.7 Å². The van der Waals surface area contributed by atoms with E-state index in [0.29, 0.717) is 11.9 Å². The van der Waals surface area contributed by atoms with Crippen LogP contribution in [-0.4, -0.2) is 15.0 Å². The predicted octanol–water partition coefficient (Wildman–Crippen LogP) is 2.62. The Labute approximate surface area is 110 Å². The number of hydrogen-bond acceptors (Lipinski definition) is 5. The van der Waals surface area contributed by atoms with Crippen LogP contribution in [0.1, 0.15) is 30.4 Å². The number of thioether (sulfide) groups is 1. The largest absolute Gasteiger partial charge is 0.368 e. The molecule has 1 fully saturated rings. The van der Waals surface area contributed by atoms with Gasteiger partial charge in [0.2, 0.25) is 5.95 Å². The van der Waals surface area contributed by atoms with Crippen molar-refractivity contribution in [2.75, 3.05) is 5.73 Å². The fourth-order valence-electron chi connectivity index (χ4n) is 1.71. The highest BCUT2D eigenvalue weighted by atomic mass is 32.2. The van der Waals surface area contributed by atoms with Gasteiger partial charge in [0, 0.05) is 10.8 Å². The minimum Gasteiger partial charge on any atom is -0.368 e. The van der Waals surface area contributed by atoms with E-state index in [2.05, 4.69) is 27.1 Å². The summed E-state index contributed by atoms with van der Waals surface area (Å²) in [5, 5.41) is 0. The topological polar surface area (TPSA) is 64.7 Å². The van der Waals surface area contributed by atoms with Crippen molar-refractivity contribution in [1.82, 2.24) is 15.0 Å². The number of benzene rings is 1. The summed E-state index contributed by atoms with van der Waals surface area (Å²) < 4.78 is 0. The monoisotopic (exact) mass is 258 g/mol. The Bertz CT molecular complexity index is 540. The lowest BCUT2D eigenvalue weighted by molar-refractivity contribution is 0.858. The molecule has 0 unspecified atom stereocenters. The van der Waals surface area contributed by atoms with E-state index in [0.717, 1.165) is 17.4 Å². The van der Waals surface area contributed by atoms with Gasteiger partial charge in [-0.3, -0.25) is 0 Å².